The van der Waals surface area contributed by atoms with Gasteiger partial charge in [-0.25, -0.2) is 4.79 Å². The highest BCUT2D eigenvalue weighted by atomic mass is 16.7. The first-order chi connectivity index (χ1) is 6.18. The molecule has 0 spiro atoms. The quantitative estimate of drug-likeness (QED) is 0.629. The fourth-order valence-corrected chi connectivity index (χ4v) is 2.13. The SMILES string of the molecule is CCC[N+]1(OC(C)=O)CCCCC1. The van der Waals surface area contributed by atoms with Gasteiger partial charge >= 0.3 is 5.97 Å². The van der Waals surface area contributed by atoms with Crippen LogP contribution in [0.1, 0.15) is 39.5 Å². The fraction of sp³-hybridized carbons (Fsp3) is 0.900. The summed E-state index contributed by atoms with van der Waals surface area (Å²) in [7, 11) is 0. The van der Waals surface area contributed by atoms with Gasteiger partial charge in [-0.05, 0) is 12.8 Å². The Morgan fingerprint density at radius 2 is 1.92 bits per heavy atom. The Hall–Kier alpha value is -0.570. The zero-order valence-corrected chi connectivity index (χ0v) is 8.71. The molecule has 1 fully saturated rings. The third kappa shape index (κ3) is 2.99. The van der Waals surface area contributed by atoms with Crippen LogP contribution >= 0.6 is 0 Å². The lowest BCUT2D eigenvalue weighted by Crippen LogP contribution is -2.52. The van der Waals surface area contributed by atoms with Crippen LogP contribution in [0.15, 0.2) is 0 Å². The van der Waals surface area contributed by atoms with Gasteiger partial charge in [0, 0.05) is 19.8 Å². The molecule has 0 saturated carbocycles. The molecule has 1 saturated heterocycles. The third-order valence-electron chi connectivity index (χ3n) is 2.58. The summed E-state index contributed by atoms with van der Waals surface area (Å²) in [6.07, 6.45) is 4.73. The van der Waals surface area contributed by atoms with Crippen LogP contribution in [-0.2, 0) is 9.63 Å². The van der Waals surface area contributed by atoms with E-state index in [1.807, 2.05) is 0 Å². The van der Waals surface area contributed by atoms with Crippen molar-refractivity contribution in [1.29, 1.82) is 0 Å². The van der Waals surface area contributed by atoms with Gasteiger partial charge in [-0.3, -0.25) is 4.84 Å². The highest BCUT2D eigenvalue weighted by molar-refractivity contribution is 5.65. The maximum Gasteiger partial charge on any atom is 0.363 e. The molecule has 3 heteroatoms. The van der Waals surface area contributed by atoms with E-state index in [1.165, 1.54) is 26.2 Å². The van der Waals surface area contributed by atoms with Crippen LogP contribution in [0.25, 0.3) is 0 Å². The van der Waals surface area contributed by atoms with Gasteiger partial charge in [-0.15, -0.1) is 4.65 Å². The molecule has 3 nitrogen and oxygen atoms in total. The van der Waals surface area contributed by atoms with Gasteiger partial charge in [-0.1, -0.05) is 6.92 Å². The van der Waals surface area contributed by atoms with Crippen LogP contribution in [0.5, 0.6) is 0 Å². The first kappa shape index (κ1) is 10.5. The van der Waals surface area contributed by atoms with Crippen molar-refractivity contribution < 1.29 is 14.3 Å². The second-order valence-electron chi connectivity index (χ2n) is 3.87. The first-order valence-electron chi connectivity index (χ1n) is 5.25. The van der Waals surface area contributed by atoms with Gasteiger partial charge in [-0.2, -0.15) is 0 Å². The van der Waals surface area contributed by atoms with Crippen molar-refractivity contribution in [2.75, 3.05) is 19.6 Å². The molecule has 0 N–H and O–H groups in total. The van der Waals surface area contributed by atoms with Gasteiger partial charge < -0.3 is 0 Å². The Kier molecular flexibility index (Phi) is 3.72. The molecule has 76 valence electrons. The summed E-state index contributed by atoms with van der Waals surface area (Å²) >= 11 is 0. The number of nitrogens with zero attached hydrogens (tertiary/aromatic N) is 1. The van der Waals surface area contributed by atoms with Crippen LogP contribution < -0.4 is 0 Å². The van der Waals surface area contributed by atoms with E-state index in [1.54, 1.807) is 0 Å². The molecule has 0 radical (unpaired) electrons. The van der Waals surface area contributed by atoms with Crippen molar-refractivity contribution in [2.45, 2.75) is 39.5 Å². The summed E-state index contributed by atoms with van der Waals surface area (Å²) in [5.41, 5.74) is 0. The number of likely N-dealkylation sites (tertiary alicyclic amines) is 1. The first-order valence-corrected chi connectivity index (χ1v) is 5.25. The highest BCUT2D eigenvalue weighted by Gasteiger charge is 2.33. The van der Waals surface area contributed by atoms with Crippen LogP contribution in [-0.4, -0.2) is 30.2 Å². The van der Waals surface area contributed by atoms with Crippen molar-refractivity contribution in [3.05, 3.63) is 0 Å². The standard InChI is InChI=1S/C10H20NO2/c1-3-7-11(13-10(2)12)8-5-4-6-9-11/h3-9H2,1-2H3/q+1. The van der Waals surface area contributed by atoms with Crippen molar-refractivity contribution in [1.82, 2.24) is 0 Å². The summed E-state index contributed by atoms with van der Waals surface area (Å²) < 4.78 is 0.575. The summed E-state index contributed by atoms with van der Waals surface area (Å²) in [5.74, 6) is -0.143. The van der Waals surface area contributed by atoms with Gasteiger partial charge in [0.2, 0.25) is 0 Å². The van der Waals surface area contributed by atoms with E-state index < -0.39 is 0 Å². The van der Waals surface area contributed by atoms with E-state index in [-0.39, 0.29) is 5.97 Å². The van der Waals surface area contributed by atoms with E-state index in [0.717, 1.165) is 26.1 Å². The Labute approximate surface area is 80.2 Å². The number of quaternary nitrogens is 1. The normalized spacial score (nSPS) is 21.1. The smallest absolute Gasteiger partial charge is 0.277 e. The number of hydroxylamine groups is 3. The number of carbonyl (C=O) groups excluding carboxylic acids is 1. The monoisotopic (exact) mass is 186 g/mol. The zero-order chi connectivity index (χ0) is 9.73. The van der Waals surface area contributed by atoms with E-state index in [0.29, 0.717) is 4.65 Å². The Morgan fingerprint density at radius 3 is 2.38 bits per heavy atom. The lowest BCUT2D eigenvalue weighted by molar-refractivity contribution is -1.09. The summed E-state index contributed by atoms with van der Waals surface area (Å²) in [6, 6.07) is 0. The van der Waals surface area contributed by atoms with Crippen molar-refractivity contribution >= 4 is 5.97 Å². The van der Waals surface area contributed by atoms with Crippen LogP contribution in [0.4, 0.5) is 0 Å². The molecule has 13 heavy (non-hydrogen) atoms. The van der Waals surface area contributed by atoms with Crippen molar-refractivity contribution in [3.63, 3.8) is 0 Å². The van der Waals surface area contributed by atoms with Crippen molar-refractivity contribution in [3.8, 4) is 0 Å². The zero-order valence-electron chi connectivity index (χ0n) is 8.71. The van der Waals surface area contributed by atoms with Crippen molar-refractivity contribution in [2.24, 2.45) is 0 Å². The third-order valence-corrected chi connectivity index (χ3v) is 2.58. The minimum atomic E-state index is -0.143. The van der Waals surface area contributed by atoms with Crippen LogP contribution in [0, 0.1) is 0 Å². The molecule has 0 aliphatic carbocycles. The molecule has 0 atom stereocenters. The molecule has 1 rings (SSSR count). The predicted octanol–water partition coefficient (Wildman–Crippen LogP) is 1.88. The molecule has 1 heterocycles. The highest BCUT2D eigenvalue weighted by Crippen LogP contribution is 2.20. The Bertz CT molecular complexity index is 168. The van der Waals surface area contributed by atoms with Gasteiger partial charge in [0.1, 0.15) is 19.6 Å². The average Bonchev–Trinajstić information content (AvgIpc) is 2.04. The number of carbonyl (C=O) groups is 1. The minimum absolute atomic E-state index is 0.143. The summed E-state index contributed by atoms with van der Waals surface area (Å²) in [4.78, 5) is 16.4. The van der Waals surface area contributed by atoms with Gasteiger partial charge in [0.25, 0.3) is 0 Å². The molecule has 0 bridgehead atoms. The maximum absolute atomic E-state index is 11.0. The van der Waals surface area contributed by atoms with E-state index in [2.05, 4.69) is 6.92 Å². The molecular formula is C10H20NO2+. The predicted molar refractivity (Wildman–Crippen MR) is 50.8 cm³/mol. The second-order valence-corrected chi connectivity index (χ2v) is 3.87. The molecule has 0 unspecified atom stereocenters. The Morgan fingerprint density at radius 1 is 1.31 bits per heavy atom. The topological polar surface area (TPSA) is 26.3 Å². The molecule has 0 aromatic heterocycles. The number of hydrogen-bond donors (Lipinski definition) is 0. The summed E-state index contributed by atoms with van der Waals surface area (Å²) in [5, 5.41) is 0. The molecule has 0 aromatic carbocycles. The number of piperidine rings is 1. The lowest BCUT2D eigenvalue weighted by atomic mass is 10.1. The van der Waals surface area contributed by atoms with E-state index in [9.17, 15) is 4.79 Å². The molecule has 1 aliphatic heterocycles. The molecular weight excluding hydrogens is 166 g/mol. The van der Waals surface area contributed by atoms with E-state index in [4.69, 9.17) is 4.84 Å². The van der Waals surface area contributed by atoms with Crippen LogP contribution in [0.2, 0.25) is 0 Å². The molecule has 1 aliphatic rings. The minimum Gasteiger partial charge on any atom is -0.277 e. The largest absolute Gasteiger partial charge is 0.363 e. The summed E-state index contributed by atoms with van der Waals surface area (Å²) in [6.45, 7) is 6.63. The number of rotatable bonds is 3. The van der Waals surface area contributed by atoms with Crippen LogP contribution in [0.3, 0.4) is 0 Å². The fourth-order valence-electron chi connectivity index (χ4n) is 2.13. The van der Waals surface area contributed by atoms with E-state index >= 15 is 0 Å². The second kappa shape index (κ2) is 4.61. The average molecular weight is 186 g/mol. The van der Waals surface area contributed by atoms with Gasteiger partial charge in [0.05, 0.1) is 0 Å². The molecule has 0 aromatic rings. The maximum atomic E-state index is 11.0. The number of hydrogen-bond acceptors (Lipinski definition) is 2. The van der Waals surface area contributed by atoms with Gasteiger partial charge in [0.15, 0.2) is 0 Å². The molecule has 0 amide bonds. The Balaban J connectivity index is 2.55. The lowest BCUT2D eigenvalue weighted by Gasteiger charge is -2.36.